The van der Waals surface area contributed by atoms with Crippen LogP contribution in [0.2, 0.25) is 0 Å². The fraction of sp³-hybridized carbons (Fsp3) is 0.846. The molecule has 1 heterocycles. The van der Waals surface area contributed by atoms with Crippen molar-refractivity contribution in [3.63, 3.8) is 0 Å². The highest BCUT2D eigenvalue weighted by atomic mass is 16.6. The predicted molar refractivity (Wildman–Crippen MR) is 68.8 cm³/mol. The van der Waals surface area contributed by atoms with Crippen LogP contribution in [0, 0.1) is 5.92 Å². The summed E-state index contributed by atoms with van der Waals surface area (Å²) in [4.78, 5) is 24.2. The van der Waals surface area contributed by atoms with Crippen LogP contribution in [0.1, 0.15) is 40.0 Å². The van der Waals surface area contributed by atoms with Crippen LogP contribution in [0.3, 0.4) is 0 Å². The van der Waals surface area contributed by atoms with Crippen LogP contribution in [-0.2, 0) is 9.53 Å². The van der Waals surface area contributed by atoms with Gasteiger partial charge in [0.15, 0.2) is 6.10 Å². The second kappa shape index (κ2) is 6.23. The van der Waals surface area contributed by atoms with Gasteiger partial charge >= 0.3 is 12.1 Å². The summed E-state index contributed by atoms with van der Waals surface area (Å²) in [7, 11) is 0. The molecule has 0 radical (unpaired) electrons. The van der Waals surface area contributed by atoms with Crippen LogP contribution in [0.4, 0.5) is 4.79 Å². The van der Waals surface area contributed by atoms with Crippen molar-refractivity contribution in [3.8, 4) is 0 Å². The molecule has 1 rings (SSSR count). The summed E-state index contributed by atoms with van der Waals surface area (Å²) >= 11 is 0. The third-order valence-electron chi connectivity index (χ3n) is 3.12. The van der Waals surface area contributed by atoms with Crippen molar-refractivity contribution in [2.75, 3.05) is 13.1 Å². The number of hydrogen-bond acceptors (Lipinski definition) is 4. The Morgan fingerprint density at radius 2 is 1.89 bits per heavy atom. The number of aliphatic hydroxyl groups excluding tert-OH is 1. The lowest BCUT2D eigenvalue weighted by Crippen LogP contribution is -2.37. The molecule has 2 atom stereocenters. The van der Waals surface area contributed by atoms with Crippen molar-refractivity contribution < 1.29 is 24.5 Å². The lowest BCUT2D eigenvalue weighted by molar-refractivity contribution is -0.149. The second-order valence-corrected chi connectivity index (χ2v) is 5.94. The van der Waals surface area contributed by atoms with E-state index in [4.69, 9.17) is 9.84 Å². The fourth-order valence-corrected chi connectivity index (χ4v) is 2.15. The maximum atomic E-state index is 11.9. The average molecular weight is 273 g/mol. The highest BCUT2D eigenvalue weighted by Gasteiger charge is 2.30. The molecule has 2 N–H and O–H groups in total. The number of aliphatic hydroxyl groups is 1. The molecular formula is C13H23NO5. The van der Waals surface area contributed by atoms with Gasteiger partial charge in [-0.25, -0.2) is 9.59 Å². The average Bonchev–Trinajstić information content (AvgIpc) is 2.50. The van der Waals surface area contributed by atoms with Gasteiger partial charge in [0.05, 0.1) is 0 Å². The van der Waals surface area contributed by atoms with Gasteiger partial charge in [-0.3, -0.25) is 0 Å². The van der Waals surface area contributed by atoms with Crippen LogP contribution in [0.15, 0.2) is 0 Å². The Bertz CT molecular complexity index is 336. The molecule has 1 aliphatic heterocycles. The van der Waals surface area contributed by atoms with Crippen molar-refractivity contribution in [2.24, 2.45) is 5.92 Å². The maximum absolute atomic E-state index is 11.9. The molecule has 1 saturated heterocycles. The summed E-state index contributed by atoms with van der Waals surface area (Å²) in [6.07, 6.45) is 0.0322. The van der Waals surface area contributed by atoms with E-state index in [1.807, 2.05) is 0 Å². The number of rotatable bonds is 2. The van der Waals surface area contributed by atoms with Gasteiger partial charge in [0.25, 0.3) is 0 Å². The Kier molecular flexibility index (Phi) is 5.17. The van der Waals surface area contributed by atoms with Gasteiger partial charge in [0, 0.05) is 13.1 Å². The van der Waals surface area contributed by atoms with E-state index in [2.05, 4.69) is 0 Å². The monoisotopic (exact) mass is 273 g/mol. The normalized spacial score (nSPS) is 22.5. The number of amides is 1. The predicted octanol–water partition coefficient (Wildman–Crippen LogP) is 1.47. The van der Waals surface area contributed by atoms with Gasteiger partial charge in [-0.05, 0) is 46.0 Å². The Morgan fingerprint density at radius 1 is 1.26 bits per heavy atom. The maximum Gasteiger partial charge on any atom is 0.410 e. The van der Waals surface area contributed by atoms with Crippen molar-refractivity contribution in [3.05, 3.63) is 0 Å². The molecule has 1 amide bonds. The van der Waals surface area contributed by atoms with Crippen LogP contribution in [0.25, 0.3) is 0 Å². The largest absolute Gasteiger partial charge is 0.479 e. The number of nitrogens with zero attached hydrogens (tertiary/aromatic N) is 1. The van der Waals surface area contributed by atoms with E-state index in [-0.39, 0.29) is 12.0 Å². The number of hydrogen-bond donors (Lipinski definition) is 2. The Labute approximate surface area is 113 Å². The van der Waals surface area contributed by atoms with Crippen molar-refractivity contribution in [1.29, 1.82) is 0 Å². The number of carboxylic acids is 1. The van der Waals surface area contributed by atoms with Gasteiger partial charge in [0.1, 0.15) is 5.60 Å². The first-order chi connectivity index (χ1) is 8.70. The van der Waals surface area contributed by atoms with Crippen LogP contribution >= 0.6 is 0 Å². The van der Waals surface area contributed by atoms with Crippen LogP contribution in [0.5, 0.6) is 0 Å². The number of aliphatic carboxylic acids is 1. The van der Waals surface area contributed by atoms with Crippen molar-refractivity contribution in [2.45, 2.75) is 51.7 Å². The molecule has 1 aliphatic rings. The van der Waals surface area contributed by atoms with Gasteiger partial charge in [-0.1, -0.05) is 0 Å². The molecule has 6 nitrogen and oxygen atoms in total. The molecule has 6 heteroatoms. The molecule has 0 spiro atoms. The van der Waals surface area contributed by atoms with E-state index in [1.165, 1.54) is 0 Å². The molecule has 0 aromatic heterocycles. The molecule has 0 aromatic rings. The molecule has 1 fully saturated rings. The first-order valence-corrected chi connectivity index (χ1v) is 6.59. The number of carbonyl (C=O) groups is 2. The molecule has 0 aromatic carbocycles. The smallest absolute Gasteiger partial charge is 0.410 e. The zero-order valence-electron chi connectivity index (χ0n) is 11.8. The topological polar surface area (TPSA) is 87.1 Å². The Hall–Kier alpha value is -1.30. The zero-order chi connectivity index (χ0) is 14.6. The number of carbonyl (C=O) groups excluding carboxylic acids is 1. The minimum absolute atomic E-state index is 0.301. The quantitative estimate of drug-likeness (QED) is 0.795. The second-order valence-electron chi connectivity index (χ2n) is 5.94. The Balaban J connectivity index is 2.54. The summed E-state index contributed by atoms with van der Waals surface area (Å²) < 4.78 is 5.28. The van der Waals surface area contributed by atoms with Crippen molar-refractivity contribution in [1.82, 2.24) is 4.90 Å². The molecule has 0 aliphatic carbocycles. The molecular weight excluding hydrogens is 250 g/mol. The number of carboxylic acid groups (broad SMARTS) is 1. The van der Waals surface area contributed by atoms with E-state index in [1.54, 1.807) is 25.7 Å². The fourth-order valence-electron chi connectivity index (χ4n) is 2.15. The molecule has 0 saturated carbocycles. The van der Waals surface area contributed by atoms with Gasteiger partial charge in [-0.2, -0.15) is 0 Å². The van der Waals surface area contributed by atoms with Gasteiger partial charge in [-0.15, -0.1) is 0 Å². The van der Waals surface area contributed by atoms with E-state index < -0.39 is 17.7 Å². The first kappa shape index (κ1) is 15.8. The van der Waals surface area contributed by atoms with E-state index in [0.717, 1.165) is 0 Å². The highest BCUT2D eigenvalue weighted by Crippen LogP contribution is 2.22. The summed E-state index contributed by atoms with van der Waals surface area (Å²) in [5.41, 5.74) is -0.538. The summed E-state index contributed by atoms with van der Waals surface area (Å²) in [6, 6.07) is 0. The SMILES string of the molecule is CC(C)(C)OC(=O)N1CCCC(C(O)C(=O)O)CC1. The lowest BCUT2D eigenvalue weighted by atomic mass is 9.94. The standard InChI is InChI=1S/C13H23NO5/c1-13(2,3)19-12(18)14-7-4-5-9(6-8-14)10(15)11(16)17/h9-10,15H,4-8H2,1-3H3,(H,16,17). The van der Waals surface area contributed by atoms with Gasteiger partial charge in [0.2, 0.25) is 0 Å². The van der Waals surface area contributed by atoms with Crippen molar-refractivity contribution >= 4 is 12.1 Å². The molecule has 19 heavy (non-hydrogen) atoms. The highest BCUT2D eigenvalue weighted by molar-refractivity contribution is 5.72. The number of likely N-dealkylation sites (tertiary alicyclic amines) is 1. The molecule has 110 valence electrons. The van der Waals surface area contributed by atoms with Gasteiger partial charge < -0.3 is 19.8 Å². The third-order valence-corrected chi connectivity index (χ3v) is 3.12. The minimum atomic E-state index is -1.35. The summed E-state index contributed by atoms with van der Waals surface area (Å²) in [5, 5.41) is 18.4. The molecule has 2 unspecified atom stereocenters. The lowest BCUT2D eigenvalue weighted by Gasteiger charge is -2.26. The van der Waals surface area contributed by atoms with E-state index in [9.17, 15) is 14.7 Å². The van der Waals surface area contributed by atoms with E-state index >= 15 is 0 Å². The summed E-state index contributed by atoms with van der Waals surface area (Å²) in [5.74, 6) is -1.50. The Morgan fingerprint density at radius 3 is 2.42 bits per heavy atom. The summed E-state index contributed by atoms with van der Waals surface area (Å²) in [6.45, 7) is 6.38. The minimum Gasteiger partial charge on any atom is -0.479 e. The zero-order valence-corrected chi connectivity index (χ0v) is 11.8. The molecule has 0 bridgehead atoms. The van der Waals surface area contributed by atoms with E-state index in [0.29, 0.717) is 32.4 Å². The third kappa shape index (κ3) is 5.06. The number of ether oxygens (including phenoxy) is 1. The first-order valence-electron chi connectivity index (χ1n) is 6.59. The van der Waals surface area contributed by atoms with Crippen LogP contribution < -0.4 is 0 Å². The van der Waals surface area contributed by atoms with Crippen LogP contribution in [-0.4, -0.2) is 52.0 Å².